The van der Waals surface area contributed by atoms with Gasteiger partial charge in [-0.3, -0.25) is 0 Å². The second kappa shape index (κ2) is 4.02. The zero-order chi connectivity index (χ0) is 10.8. The molecule has 0 saturated heterocycles. The lowest BCUT2D eigenvalue weighted by atomic mass is 10.2. The Morgan fingerprint density at radius 2 is 1.67 bits per heavy atom. The molecule has 0 aliphatic rings. The Morgan fingerprint density at radius 1 is 1.00 bits per heavy atom. The SMILES string of the molecule is Fc1c(Br)ccc(-c2ncccn2)c1F. The summed E-state index contributed by atoms with van der Waals surface area (Å²) >= 11 is 2.90. The van der Waals surface area contributed by atoms with Gasteiger partial charge in [-0.25, -0.2) is 18.7 Å². The van der Waals surface area contributed by atoms with Crippen LogP contribution in [0.15, 0.2) is 35.1 Å². The lowest BCUT2D eigenvalue weighted by Gasteiger charge is -2.03. The molecule has 0 aliphatic heterocycles. The van der Waals surface area contributed by atoms with Gasteiger partial charge in [0.25, 0.3) is 0 Å². The van der Waals surface area contributed by atoms with Crippen molar-refractivity contribution in [1.29, 1.82) is 0 Å². The lowest BCUT2D eigenvalue weighted by molar-refractivity contribution is 0.506. The lowest BCUT2D eigenvalue weighted by Crippen LogP contribution is -1.94. The minimum absolute atomic E-state index is 0.0521. The molecule has 2 rings (SSSR count). The molecule has 5 heteroatoms. The fourth-order valence-electron chi connectivity index (χ4n) is 1.14. The van der Waals surface area contributed by atoms with Gasteiger partial charge in [-0.1, -0.05) is 0 Å². The molecule has 0 fully saturated rings. The van der Waals surface area contributed by atoms with Crippen molar-refractivity contribution in [3.05, 3.63) is 46.7 Å². The highest BCUT2D eigenvalue weighted by atomic mass is 79.9. The van der Waals surface area contributed by atoms with Crippen LogP contribution in [0.25, 0.3) is 11.4 Å². The van der Waals surface area contributed by atoms with Crippen molar-refractivity contribution in [3.8, 4) is 11.4 Å². The Morgan fingerprint density at radius 3 is 2.33 bits per heavy atom. The van der Waals surface area contributed by atoms with Gasteiger partial charge in [0.15, 0.2) is 17.5 Å². The quantitative estimate of drug-likeness (QED) is 0.744. The van der Waals surface area contributed by atoms with Gasteiger partial charge in [-0.2, -0.15) is 0 Å². The maximum absolute atomic E-state index is 13.5. The number of hydrogen-bond donors (Lipinski definition) is 0. The Bertz CT molecular complexity index is 488. The summed E-state index contributed by atoms with van der Waals surface area (Å²) in [4.78, 5) is 7.70. The normalized spacial score (nSPS) is 10.3. The Hall–Kier alpha value is -1.36. The van der Waals surface area contributed by atoms with Crippen LogP contribution in [0.2, 0.25) is 0 Å². The predicted molar refractivity (Wildman–Crippen MR) is 55.1 cm³/mol. The first-order chi connectivity index (χ1) is 7.20. The van der Waals surface area contributed by atoms with Gasteiger partial charge in [0.05, 0.1) is 10.0 Å². The number of benzene rings is 1. The molecule has 0 spiro atoms. The van der Waals surface area contributed by atoms with E-state index >= 15 is 0 Å². The first-order valence-electron chi connectivity index (χ1n) is 4.11. The molecule has 0 bridgehead atoms. The summed E-state index contributed by atoms with van der Waals surface area (Å²) in [6.45, 7) is 0. The van der Waals surface area contributed by atoms with Crippen LogP contribution in [0.5, 0.6) is 0 Å². The molecule has 0 N–H and O–H groups in total. The van der Waals surface area contributed by atoms with Crippen LogP contribution < -0.4 is 0 Å². The van der Waals surface area contributed by atoms with E-state index in [9.17, 15) is 8.78 Å². The second-order valence-corrected chi connectivity index (χ2v) is 3.65. The van der Waals surface area contributed by atoms with Crippen LogP contribution in [0, 0.1) is 11.6 Å². The molecule has 2 nitrogen and oxygen atoms in total. The third kappa shape index (κ3) is 1.87. The molecule has 15 heavy (non-hydrogen) atoms. The third-order valence-corrected chi connectivity index (χ3v) is 2.45. The number of rotatable bonds is 1. The highest BCUT2D eigenvalue weighted by Gasteiger charge is 2.14. The molecule has 0 amide bonds. The summed E-state index contributed by atoms with van der Waals surface area (Å²) in [5, 5.41) is 0. The van der Waals surface area contributed by atoms with Gasteiger partial charge in [0, 0.05) is 12.4 Å². The standard InChI is InChI=1S/C10H5BrF2N2/c11-7-3-2-6(8(12)9(7)13)10-14-4-1-5-15-10/h1-5H. The van der Waals surface area contributed by atoms with Crippen molar-refractivity contribution < 1.29 is 8.78 Å². The predicted octanol–water partition coefficient (Wildman–Crippen LogP) is 3.18. The largest absolute Gasteiger partial charge is 0.236 e. The van der Waals surface area contributed by atoms with Gasteiger partial charge in [0.2, 0.25) is 0 Å². The van der Waals surface area contributed by atoms with Gasteiger partial charge in [-0.05, 0) is 34.1 Å². The van der Waals surface area contributed by atoms with E-state index in [1.54, 1.807) is 6.07 Å². The Kier molecular flexibility index (Phi) is 2.73. The molecule has 1 aromatic heterocycles. The Balaban J connectivity index is 2.60. The Labute approximate surface area is 93.1 Å². The minimum Gasteiger partial charge on any atom is -0.236 e. The third-order valence-electron chi connectivity index (χ3n) is 1.84. The fourth-order valence-corrected chi connectivity index (χ4v) is 1.44. The molecule has 1 heterocycles. The summed E-state index contributed by atoms with van der Waals surface area (Å²) in [6, 6.07) is 4.46. The number of hydrogen-bond acceptors (Lipinski definition) is 2. The molecule has 0 saturated carbocycles. The van der Waals surface area contributed by atoms with Crippen molar-refractivity contribution in [3.63, 3.8) is 0 Å². The summed E-state index contributed by atoms with van der Waals surface area (Å²) < 4.78 is 26.7. The van der Waals surface area contributed by atoms with Crippen LogP contribution in [-0.2, 0) is 0 Å². The highest BCUT2D eigenvalue weighted by molar-refractivity contribution is 9.10. The van der Waals surface area contributed by atoms with E-state index in [1.165, 1.54) is 24.5 Å². The molecule has 76 valence electrons. The van der Waals surface area contributed by atoms with E-state index in [1.807, 2.05) is 0 Å². The first kappa shape index (κ1) is 10.2. The monoisotopic (exact) mass is 270 g/mol. The van der Waals surface area contributed by atoms with Crippen LogP contribution in [0.1, 0.15) is 0 Å². The molecule has 2 aromatic rings. The average Bonchev–Trinajstić information content (AvgIpc) is 2.27. The maximum atomic E-state index is 13.5. The van der Waals surface area contributed by atoms with Gasteiger partial charge in [-0.15, -0.1) is 0 Å². The van der Waals surface area contributed by atoms with E-state index < -0.39 is 11.6 Å². The summed E-state index contributed by atoms with van der Waals surface area (Å²) in [5.41, 5.74) is 0.0521. The van der Waals surface area contributed by atoms with E-state index in [4.69, 9.17) is 0 Å². The van der Waals surface area contributed by atoms with Crippen molar-refractivity contribution in [2.45, 2.75) is 0 Å². The van der Waals surface area contributed by atoms with Gasteiger partial charge < -0.3 is 0 Å². The van der Waals surface area contributed by atoms with Crippen molar-refractivity contribution >= 4 is 15.9 Å². The van der Waals surface area contributed by atoms with Crippen LogP contribution in [0.4, 0.5) is 8.78 Å². The minimum atomic E-state index is -0.949. The van der Waals surface area contributed by atoms with E-state index in [0.717, 1.165) is 0 Å². The molecule has 0 atom stereocenters. The maximum Gasteiger partial charge on any atom is 0.173 e. The zero-order valence-corrected chi connectivity index (χ0v) is 9.00. The summed E-state index contributed by atoms with van der Waals surface area (Å²) in [5.74, 6) is -1.71. The first-order valence-corrected chi connectivity index (χ1v) is 4.90. The average molecular weight is 271 g/mol. The molecular formula is C10H5BrF2N2. The molecular weight excluding hydrogens is 266 g/mol. The topological polar surface area (TPSA) is 25.8 Å². The van der Waals surface area contributed by atoms with Crippen LogP contribution in [0.3, 0.4) is 0 Å². The molecule has 0 aliphatic carbocycles. The number of aromatic nitrogens is 2. The van der Waals surface area contributed by atoms with Gasteiger partial charge in [0.1, 0.15) is 0 Å². The fraction of sp³-hybridized carbons (Fsp3) is 0. The second-order valence-electron chi connectivity index (χ2n) is 2.80. The van der Waals surface area contributed by atoms with Crippen molar-refractivity contribution in [1.82, 2.24) is 9.97 Å². The van der Waals surface area contributed by atoms with E-state index in [-0.39, 0.29) is 15.9 Å². The molecule has 0 unspecified atom stereocenters. The smallest absolute Gasteiger partial charge is 0.173 e. The van der Waals surface area contributed by atoms with Crippen molar-refractivity contribution in [2.75, 3.05) is 0 Å². The van der Waals surface area contributed by atoms with Gasteiger partial charge >= 0.3 is 0 Å². The number of halogens is 3. The van der Waals surface area contributed by atoms with Crippen LogP contribution >= 0.6 is 15.9 Å². The van der Waals surface area contributed by atoms with E-state index in [0.29, 0.717) is 0 Å². The number of nitrogens with zero attached hydrogens (tertiary/aromatic N) is 2. The van der Waals surface area contributed by atoms with Crippen LogP contribution in [-0.4, -0.2) is 9.97 Å². The molecule has 0 radical (unpaired) electrons. The summed E-state index contributed by atoms with van der Waals surface area (Å²) in [7, 11) is 0. The van der Waals surface area contributed by atoms with E-state index in [2.05, 4.69) is 25.9 Å². The highest BCUT2D eigenvalue weighted by Crippen LogP contribution is 2.26. The summed E-state index contributed by atoms with van der Waals surface area (Å²) in [6.07, 6.45) is 2.95. The van der Waals surface area contributed by atoms with Crippen molar-refractivity contribution in [2.24, 2.45) is 0 Å². The molecule has 1 aromatic carbocycles. The zero-order valence-electron chi connectivity index (χ0n) is 7.42.